The maximum Gasteiger partial charge on any atom is 0.109 e. The number of aliphatic hydroxyl groups excluding tert-OH is 5. The van der Waals surface area contributed by atoms with E-state index in [1.807, 2.05) is 13.8 Å². The van der Waals surface area contributed by atoms with Gasteiger partial charge >= 0.3 is 0 Å². The Labute approximate surface area is 247 Å². The Morgan fingerprint density at radius 3 is 2.49 bits per heavy atom. The molecule has 7 heteroatoms. The zero-order chi connectivity index (χ0) is 30.1. The van der Waals surface area contributed by atoms with Crippen LogP contribution in [-0.2, 0) is 4.74 Å². The molecular weight excluding hydrogens is 520 g/mol. The van der Waals surface area contributed by atoms with Crippen molar-refractivity contribution in [3.05, 3.63) is 35.5 Å². The fraction of sp³-hybridized carbons (Fsp3) is 0.824. The van der Waals surface area contributed by atoms with Gasteiger partial charge in [0, 0.05) is 18.9 Å². The summed E-state index contributed by atoms with van der Waals surface area (Å²) in [6.07, 6.45) is 8.76. The molecule has 4 saturated carbocycles. The van der Waals surface area contributed by atoms with Crippen LogP contribution in [0.2, 0.25) is 0 Å². The van der Waals surface area contributed by atoms with Crippen LogP contribution in [0.15, 0.2) is 35.5 Å². The van der Waals surface area contributed by atoms with Crippen LogP contribution in [0.3, 0.4) is 0 Å². The maximum absolute atomic E-state index is 10.7. The molecule has 0 amide bonds. The molecule has 4 aliphatic rings. The maximum atomic E-state index is 10.7. The molecule has 0 radical (unpaired) electrons. The average Bonchev–Trinajstić information content (AvgIpc) is 3.26. The summed E-state index contributed by atoms with van der Waals surface area (Å²) in [5, 5.41) is 61.5. The first kappa shape index (κ1) is 32.8. The molecule has 7 nitrogen and oxygen atoms in total. The van der Waals surface area contributed by atoms with E-state index in [-0.39, 0.29) is 18.4 Å². The third kappa shape index (κ3) is 7.36. The minimum absolute atomic E-state index is 0.219. The molecule has 7 unspecified atom stereocenters. The molecule has 234 valence electrons. The topological polar surface area (TPSA) is 131 Å². The van der Waals surface area contributed by atoms with Gasteiger partial charge in [0.1, 0.15) is 12.2 Å². The lowest BCUT2D eigenvalue weighted by Gasteiger charge is -2.44. The first-order valence-electron chi connectivity index (χ1n) is 16.0. The Morgan fingerprint density at radius 2 is 1.80 bits per heavy atom. The van der Waals surface area contributed by atoms with Crippen molar-refractivity contribution in [1.29, 1.82) is 0 Å². The molecule has 41 heavy (non-hydrogen) atoms. The first-order chi connectivity index (χ1) is 19.2. The summed E-state index contributed by atoms with van der Waals surface area (Å²) < 4.78 is 6.21. The highest BCUT2D eigenvalue weighted by molar-refractivity contribution is 5.39. The number of ether oxygens (including phenoxy) is 1. The van der Waals surface area contributed by atoms with E-state index in [0.29, 0.717) is 30.6 Å². The van der Waals surface area contributed by atoms with Crippen molar-refractivity contribution in [3.63, 3.8) is 0 Å². The van der Waals surface area contributed by atoms with E-state index in [4.69, 9.17) is 4.74 Å². The van der Waals surface area contributed by atoms with Gasteiger partial charge in [-0.3, -0.25) is 0 Å². The Balaban J connectivity index is 1.44. The molecule has 11 atom stereocenters. The summed E-state index contributed by atoms with van der Waals surface area (Å²) in [5.41, 5.74) is 2.92. The fourth-order valence-corrected chi connectivity index (χ4v) is 8.66. The lowest BCUT2D eigenvalue weighted by atomic mass is 9.60. The van der Waals surface area contributed by atoms with E-state index < -0.39 is 48.1 Å². The van der Waals surface area contributed by atoms with Crippen LogP contribution in [-0.4, -0.2) is 79.5 Å². The van der Waals surface area contributed by atoms with Gasteiger partial charge in [0.25, 0.3) is 0 Å². The van der Waals surface area contributed by atoms with E-state index >= 15 is 0 Å². The van der Waals surface area contributed by atoms with E-state index in [9.17, 15) is 30.6 Å². The molecule has 0 aliphatic heterocycles. The fourth-order valence-electron chi connectivity index (χ4n) is 8.66. The third-order valence-electron chi connectivity index (χ3n) is 11.1. The van der Waals surface area contributed by atoms with Crippen LogP contribution < -0.4 is 0 Å². The van der Waals surface area contributed by atoms with Gasteiger partial charge in [-0.15, -0.1) is 0 Å². The van der Waals surface area contributed by atoms with Gasteiger partial charge in [0.2, 0.25) is 0 Å². The van der Waals surface area contributed by atoms with Crippen LogP contribution in [0, 0.1) is 29.1 Å². The molecule has 4 rings (SSSR count). The smallest absolute Gasteiger partial charge is 0.109 e. The SMILES string of the molecule is C=C1/C(=C\C=C2/CCC[C@@]3(C)C2CC[C@@H]3C(C)CCCC(C)(C)O)C[C@@H](O)C[C@@H]1OC1CC(CO)C(O)C(O)C1O. The molecular formula is C34H56O7. The molecule has 4 fully saturated rings. The Morgan fingerprint density at radius 1 is 1.07 bits per heavy atom. The molecule has 0 heterocycles. The van der Waals surface area contributed by atoms with Gasteiger partial charge in [-0.05, 0) is 99.5 Å². The molecule has 0 aromatic carbocycles. The van der Waals surface area contributed by atoms with Crippen molar-refractivity contribution in [3.8, 4) is 0 Å². The predicted octanol–water partition coefficient (Wildman–Crippen LogP) is 4.19. The number of rotatable bonds is 9. The molecule has 0 spiro atoms. The van der Waals surface area contributed by atoms with Crippen LogP contribution in [0.5, 0.6) is 0 Å². The molecule has 0 saturated heterocycles. The highest BCUT2D eigenvalue weighted by atomic mass is 16.5. The van der Waals surface area contributed by atoms with E-state index in [1.165, 1.54) is 31.3 Å². The number of fused-ring (bicyclic) bond motifs is 1. The quantitative estimate of drug-likeness (QED) is 0.243. The second-order valence-electron chi connectivity index (χ2n) is 14.6. The monoisotopic (exact) mass is 576 g/mol. The second-order valence-corrected chi connectivity index (χ2v) is 14.6. The lowest BCUT2D eigenvalue weighted by molar-refractivity contribution is -0.189. The minimum atomic E-state index is -1.40. The number of aliphatic hydroxyl groups is 6. The van der Waals surface area contributed by atoms with Crippen molar-refractivity contribution in [2.24, 2.45) is 29.1 Å². The molecule has 6 N–H and O–H groups in total. The molecule has 0 aromatic heterocycles. The first-order valence-corrected chi connectivity index (χ1v) is 16.0. The van der Waals surface area contributed by atoms with Crippen molar-refractivity contribution in [2.75, 3.05) is 6.61 Å². The Bertz CT molecular complexity index is 965. The summed E-state index contributed by atoms with van der Waals surface area (Å²) >= 11 is 0. The number of hydrogen-bond donors (Lipinski definition) is 6. The molecule has 0 bridgehead atoms. The number of hydrogen-bond acceptors (Lipinski definition) is 7. The summed E-state index contributed by atoms with van der Waals surface area (Å²) in [5.74, 6) is 1.30. The Hall–Kier alpha value is -1.06. The lowest BCUT2D eigenvalue weighted by Crippen LogP contribution is -2.56. The summed E-state index contributed by atoms with van der Waals surface area (Å²) in [6.45, 7) is 12.7. The minimum Gasteiger partial charge on any atom is -0.396 e. The zero-order valence-corrected chi connectivity index (χ0v) is 25.7. The van der Waals surface area contributed by atoms with Crippen LogP contribution in [0.25, 0.3) is 0 Å². The standard InChI is InChI=1S/C34H56O7/c1-20(8-6-14-33(3,4)40)26-12-13-27-22(9-7-15-34(26,27)5)10-11-23-16-25(36)18-28(21(23)2)41-29-17-24(19-35)30(37)32(39)31(29)38/h10-11,20,24-32,35-40H,2,6-9,12-19H2,1,3-5H3/b22-10+,23-11-/t20?,24?,25-,26-,27?,28+,29?,30?,31?,32?,34-/m1/s1. The van der Waals surface area contributed by atoms with Gasteiger partial charge in [0.15, 0.2) is 0 Å². The molecule has 0 aromatic rings. The van der Waals surface area contributed by atoms with Crippen molar-refractivity contribution < 1.29 is 35.4 Å². The average molecular weight is 577 g/mol. The largest absolute Gasteiger partial charge is 0.396 e. The normalized spacial score (nSPS) is 43.0. The van der Waals surface area contributed by atoms with Crippen molar-refractivity contribution in [2.45, 2.75) is 141 Å². The van der Waals surface area contributed by atoms with Gasteiger partial charge in [-0.2, -0.15) is 0 Å². The van der Waals surface area contributed by atoms with Crippen molar-refractivity contribution >= 4 is 0 Å². The Kier molecular flexibility index (Phi) is 10.6. The summed E-state index contributed by atoms with van der Waals surface area (Å²) in [6, 6.07) is 0. The van der Waals surface area contributed by atoms with E-state index in [2.05, 4.69) is 32.6 Å². The second kappa shape index (κ2) is 13.3. The zero-order valence-electron chi connectivity index (χ0n) is 25.7. The van der Waals surface area contributed by atoms with E-state index in [0.717, 1.165) is 36.8 Å². The van der Waals surface area contributed by atoms with Gasteiger partial charge < -0.3 is 35.4 Å². The van der Waals surface area contributed by atoms with E-state index in [1.54, 1.807) is 0 Å². The summed E-state index contributed by atoms with van der Waals surface area (Å²) in [4.78, 5) is 0. The molecule has 4 aliphatic carbocycles. The highest BCUT2D eigenvalue weighted by Crippen LogP contribution is 2.60. The van der Waals surface area contributed by atoms with Crippen LogP contribution in [0.1, 0.15) is 98.3 Å². The van der Waals surface area contributed by atoms with Gasteiger partial charge in [-0.25, -0.2) is 0 Å². The number of allylic oxidation sites excluding steroid dienone is 3. The predicted molar refractivity (Wildman–Crippen MR) is 160 cm³/mol. The summed E-state index contributed by atoms with van der Waals surface area (Å²) in [7, 11) is 0. The van der Waals surface area contributed by atoms with Crippen molar-refractivity contribution in [1.82, 2.24) is 0 Å². The van der Waals surface area contributed by atoms with Gasteiger partial charge in [-0.1, -0.05) is 51.0 Å². The van der Waals surface area contributed by atoms with Crippen LogP contribution >= 0.6 is 0 Å². The van der Waals surface area contributed by atoms with Crippen LogP contribution in [0.4, 0.5) is 0 Å². The highest BCUT2D eigenvalue weighted by Gasteiger charge is 2.50. The van der Waals surface area contributed by atoms with Gasteiger partial charge in [0.05, 0.1) is 30.0 Å². The third-order valence-corrected chi connectivity index (χ3v) is 11.1.